The number of nitrogens with one attached hydrogen (secondary N) is 1. The number of carbonyl (C=O) groups excluding carboxylic acids is 1. The Balaban J connectivity index is 1.38. The number of amides is 1. The summed E-state index contributed by atoms with van der Waals surface area (Å²) in [5.74, 6) is 3.55. The lowest BCUT2D eigenvalue weighted by Crippen LogP contribution is -2.59. The van der Waals surface area contributed by atoms with Crippen LogP contribution in [-0.4, -0.2) is 29.5 Å². The summed E-state index contributed by atoms with van der Waals surface area (Å²) in [7, 11) is 0. The quantitative estimate of drug-likeness (QED) is 0.887. The Kier molecular flexibility index (Phi) is 4.17. The molecule has 4 bridgehead atoms. The first-order chi connectivity index (χ1) is 12.7. The number of aromatic nitrogens is 1. The molecule has 1 N–H and O–H groups in total. The number of carbonyl (C=O) groups is 1. The van der Waals surface area contributed by atoms with E-state index < -0.39 is 0 Å². The highest BCUT2D eigenvalue weighted by Gasteiger charge is 2.51. The van der Waals surface area contributed by atoms with E-state index in [0.29, 0.717) is 0 Å². The summed E-state index contributed by atoms with van der Waals surface area (Å²) < 4.78 is 0. The van der Waals surface area contributed by atoms with Crippen LogP contribution in [0, 0.1) is 17.8 Å². The van der Waals surface area contributed by atoms with Crippen LogP contribution < -0.4 is 10.2 Å². The Morgan fingerprint density at radius 3 is 2.23 bits per heavy atom. The van der Waals surface area contributed by atoms with Crippen LogP contribution >= 0.6 is 0 Å². The van der Waals surface area contributed by atoms with E-state index in [9.17, 15) is 4.79 Å². The molecule has 1 aromatic heterocycles. The second-order valence-corrected chi connectivity index (χ2v) is 9.43. The number of rotatable bonds is 3. The van der Waals surface area contributed by atoms with Crippen LogP contribution in [-0.2, 0) is 0 Å². The van der Waals surface area contributed by atoms with E-state index in [1.165, 1.54) is 64.2 Å². The zero-order chi connectivity index (χ0) is 17.6. The summed E-state index contributed by atoms with van der Waals surface area (Å²) in [5.41, 5.74) is 0.850. The van der Waals surface area contributed by atoms with Crippen molar-refractivity contribution in [2.45, 2.75) is 69.7 Å². The fourth-order valence-corrected chi connectivity index (χ4v) is 6.68. The van der Waals surface area contributed by atoms with Crippen LogP contribution in [0.5, 0.6) is 0 Å². The predicted octanol–water partition coefficient (Wildman–Crippen LogP) is 4.16. The minimum Gasteiger partial charge on any atom is -0.356 e. The van der Waals surface area contributed by atoms with E-state index in [0.717, 1.165) is 42.2 Å². The van der Waals surface area contributed by atoms with Gasteiger partial charge in [-0.15, -0.1) is 0 Å². The lowest BCUT2D eigenvalue weighted by Gasteiger charge is -2.56. The molecule has 0 unspecified atom stereocenters. The Labute approximate surface area is 156 Å². The molecule has 0 aromatic carbocycles. The first kappa shape index (κ1) is 16.6. The molecule has 5 aliphatic rings. The zero-order valence-electron chi connectivity index (χ0n) is 15.8. The first-order valence-electron chi connectivity index (χ1n) is 10.7. The Morgan fingerprint density at radius 1 is 1.00 bits per heavy atom. The van der Waals surface area contributed by atoms with E-state index in [2.05, 4.69) is 15.2 Å². The molecule has 5 fully saturated rings. The zero-order valence-corrected chi connectivity index (χ0v) is 15.8. The number of nitrogens with zero attached hydrogens (tertiary/aromatic N) is 2. The molecule has 1 aromatic rings. The first-order valence-corrected chi connectivity index (χ1v) is 10.7. The molecule has 4 nitrogen and oxygen atoms in total. The average Bonchev–Trinajstić information content (AvgIpc) is 2.89. The van der Waals surface area contributed by atoms with Crippen LogP contribution in [0.3, 0.4) is 0 Å². The SMILES string of the molecule is O=C(NC12CC3CC(CC(C3)C1)C2)c1cccnc1N1CCCCCC1. The van der Waals surface area contributed by atoms with Crippen molar-refractivity contribution in [3.8, 4) is 0 Å². The van der Waals surface area contributed by atoms with Crippen molar-refractivity contribution < 1.29 is 4.79 Å². The van der Waals surface area contributed by atoms with Crippen molar-refractivity contribution >= 4 is 11.7 Å². The maximum Gasteiger partial charge on any atom is 0.255 e. The molecular formula is C22H31N3O. The van der Waals surface area contributed by atoms with Gasteiger partial charge in [0.05, 0.1) is 5.56 Å². The third-order valence-electron chi connectivity index (χ3n) is 7.35. The molecule has 1 amide bonds. The number of hydrogen-bond donors (Lipinski definition) is 1. The van der Waals surface area contributed by atoms with Crippen molar-refractivity contribution in [3.63, 3.8) is 0 Å². The minimum absolute atomic E-state index is 0.0672. The number of anilines is 1. The lowest BCUT2D eigenvalue weighted by molar-refractivity contribution is -0.0166. The summed E-state index contributed by atoms with van der Waals surface area (Å²) in [6, 6.07) is 3.89. The molecule has 4 heteroatoms. The highest BCUT2D eigenvalue weighted by molar-refractivity contribution is 5.99. The van der Waals surface area contributed by atoms with Crippen LogP contribution in [0.4, 0.5) is 5.82 Å². The minimum atomic E-state index is 0.0672. The van der Waals surface area contributed by atoms with Gasteiger partial charge in [0.2, 0.25) is 0 Å². The predicted molar refractivity (Wildman–Crippen MR) is 103 cm³/mol. The molecule has 0 spiro atoms. The third kappa shape index (κ3) is 3.01. The fourth-order valence-electron chi connectivity index (χ4n) is 6.68. The average molecular weight is 354 g/mol. The van der Waals surface area contributed by atoms with E-state index >= 15 is 0 Å². The molecule has 1 aliphatic heterocycles. The molecule has 140 valence electrons. The topological polar surface area (TPSA) is 45.2 Å². The summed E-state index contributed by atoms with van der Waals surface area (Å²) >= 11 is 0. The Hall–Kier alpha value is -1.58. The van der Waals surface area contributed by atoms with E-state index in [-0.39, 0.29) is 11.4 Å². The summed E-state index contributed by atoms with van der Waals surface area (Å²) in [6.07, 6.45) is 14.6. The highest BCUT2D eigenvalue weighted by Crippen LogP contribution is 2.55. The van der Waals surface area contributed by atoms with Gasteiger partial charge in [0.15, 0.2) is 0 Å². The second kappa shape index (κ2) is 6.54. The molecule has 2 heterocycles. The normalized spacial score (nSPS) is 36.0. The fraction of sp³-hybridized carbons (Fsp3) is 0.727. The van der Waals surface area contributed by atoms with Crippen molar-refractivity contribution in [1.82, 2.24) is 10.3 Å². The number of hydrogen-bond acceptors (Lipinski definition) is 3. The van der Waals surface area contributed by atoms with Gasteiger partial charge in [-0.1, -0.05) is 12.8 Å². The summed E-state index contributed by atoms with van der Waals surface area (Å²) in [5, 5.41) is 3.53. The maximum atomic E-state index is 13.3. The van der Waals surface area contributed by atoms with Crippen LogP contribution in [0.2, 0.25) is 0 Å². The molecule has 1 saturated heterocycles. The highest BCUT2D eigenvalue weighted by atomic mass is 16.1. The molecule has 0 atom stereocenters. The van der Waals surface area contributed by atoms with Crippen molar-refractivity contribution in [2.24, 2.45) is 17.8 Å². The van der Waals surface area contributed by atoms with Crippen LogP contribution in [0.15, 0.2) is 18.3 Å². The van der Waals surface area contributed by atoms with Gasteiger partial charge in [-0.3, -0.25) is 4.79 Å². The molecular weight excluding hydrogens is 322 g/mol. The van der Waals surface area contributed by atoms with Crippen LogP contribution in [0.1, 0.15) is 74.6 Å². The van der Waals surface area contributed by atoms with E-state index in [1.807, 2.05) is 18.3 Å². The van der Waals surface area contributed by atoms with Gasteiger partial charge in [0.25, 0.3) is 5.91 Å². The third-order valence-corrected chi connectivity index (χ3v) is 7.35. The largest absolute Gasteiger partial charge is 0.356 e. The Bertz CT molecular complexity index is 642. The van der Waals surface area contributed by atoms with E-state index in [4.69, 9.17) is 0 Å². The monoisotopic (exact) mass is 353 g/mol. The molecule has 0 radical (unpaired) electrons. The smallest absolute Gasteiger partial charge is 0.255 e. The van der Waals surface area contributed by atoms with Crippen molar-refractivity contribution in [2.75, 3.05) is 18.0 Å². The van der Waals surface area contributed by atoms with Gasteiger partial charge in [-0.05, 0) is 81.3 Å². The van der Waals surface area contributed by atoms with Crippen LogP contribution in [0.25, 0.3) is 0 Å². The van der Waals surface area contributed by atoms with Gasteiger partial charge in [-0.25, -0.2) is 4.98 Å². The number of pyridine rings is 1. The van der Waals surface area contributed by atoms with E-state index in [1.54, 1.807) is 0 Å². The standard InChI is InChI=1S/C22H31N3O/c26-21(24-22-13-16-10-17(14-22)12-18(11-16)15-22)19-6-5-7-23-20(19)25-8-3-1-2-4-9-25/h5-7,16-18H,1-4,8-15H2,(H,24,26). The molecule has 4 saturated carbocycles. The summed E-state index contributed by atoms with van der Waals surface area (Å²) in [6.45, 7) is 2.04. The van der Waals surface area contributed by atoms with Crippen molar-refractivity contribution in [1.29, 1.82) is 0 Å². The van der Waals surface area contributed by atoms with Gasteiger partial charge in [-0.2, -0.15) is 0 Å². The molecule has 4 aliphatic carbocycles. The van der Waals surface area contributed by atoms with Gasteiger partial charge in [0, 0.05) is 24.8 Å². The molecule has 26 heavy (non-hydrogen) atoms. The second-order valence-electron chi connectivity index (χ2n) is 9.43. The van der Waals surface area contributed by atoms with Crippen molar-refractivity contribution in [3.05, 3.63) is 23.9 Å². The van der Waals surface area contributed by atoms with Gasteiger partial charge >= 0.3 is 0 Å². The molecule has 6 rings (SSSR count). The maximum absolute atomic E-state index is 13.3. The van der Waals surface area contributed by atoms with Gasteiger partial charge in [0.1, 0.15) is 5.82 Å². The lowest BCUT2D eigenvalue weighted by atomic mass is 9.53. The van der Waals surface area contributed by atoms with Gasteiger partial charge < -0.3 is 10.2 Å². The Morgan fingerprint density at radius 2 is 1.62 bits per heavy atom. The summed E-state index contributed by atoms with van der Waals surface area (Å²) in [4.78, 5) is 20.3.